The number of ether oxygens (including phenoxy) is 1. The van der Waals surface area contributed by atoms with E-state index in [1.165, 1.54) is 7.11 Å². The van der Waals surface area contributed by atoms with Crippen molar-refractivity contribution in [2.75, 3.05) is 13.4 Å². The number of aromatic nitrogens is 4. The van der Waals surface area contributed by atoms with Crippen LogP contribution in [0.2, 0.25) is 0 Å². The molecule has 0 saturated carbocycles. The minimum absolute atomic E-state index is 0.143. The maximum Gasteiger partial charge on any atom is 0.322 e. The minimum Gasteiger partial charge on any atom is -0.497 e. The van der Waals surface area contributed by atoms with E-state index in [0.29, 0.717) is 40.9 Å². The lowest BCUT2D eigenvalue weighted by atomic mass is 10.2. The predicted molar refractivity (Wildman–Crippen MR) is 97.4 cm³/mol. The summed E-state index contributed by atoms with van der Waals surface area (Å²) in [5, 5.41) is -0.355. The Hall–Kier alpha value is -3.01. The molecule has 1 aliphatic rings. The van der Waals surface area contributed by atoms with Crippen LogP contribution in [-0.4, -0.2) is 41.3 Å². The highest BCUT2D eigenvalue weighted by Crippen LogP contribution is 2.28. The lowest BCUT2D eigenvalue weighted by Crippen LogP contribution is -2.36. The van der Waals surface area contributed by atoms with Crippen LogP contribution < -0.4 is 15.9 Å². The van der Waals surface area contributed by atoms with Gasteiger partial charge in [0, 0.05) is 17.9 Å². The van der Waals surface area contributed by atoms with Crippen molar-refractivity contribution in [3.63, 3.8) is 0 Å². The maximum atomic E-state index is 12.7. The molecule has 10 heteroatoms. The third-order valence-corrected chi connectivity index (χ3v) is 5.37. The maximum absolute atomic E-state index is 12.7. The first-order valence-corrected chi connectivity index (χ1v) is 10.1. The number of aromatic amines is 1. The van der Waals surface area contributed by atoms with Crippen LogP contribution in [0.15, 0.2) is 32.9 Å². The zero-order chi connectivity index (χ0) is 19.3. The summed E-state index contributed by atoms with van der Waals surface area (Å²) in [4.78, 5) is 35.7. The third-order valence-electron chi connectivity index (χ3n) is 4.52. The van der Waals surface area contributed by atoms with Crippen molar-refractivity contribution in [1.82, 2.24) is 19.5 Å². The van der Waals surface area contributed by atoms with Crippen LogP contribution in [0.25, 0.3) is 16.9 Å². The molecule has 0 saturated heterocycles. The van der Waals surface area contributed by atoms with Gasteiger partial charge in [0.2, 0.25) is 15.0 Å². The van der Waals surface area contributed by atoms with Crippen molar-refractivity contribution in [2.24, 2.45) is 0 Å². The molecule has 0 amide bonds. The Kier molecular flexibility index (Phi) is 3.88. The van der Waals surface area contributed by atoms with Gasteiger partial charge in [-0.3, -0.25) is 14.2 Å². The van der Waals surface area contributed by atoms with Crippen LogP contribution >= 0.6 is 0 Å². The van der Waals surface area contributed by atoms with Crippen molar-refractivity contribution in [3.8, 4) is 11.6 Å². The lowest BCUT2D eigenvalue weighted by molar-refractivity contribution is 0.415. The normalized spacial score (nSPS) is 13.7. The van der Waals surface area contributed by atoms with Crippen molar-refractivity contribution in [3.05, 3.63) is 50.2 Å². The molecule has 4 rings (SSSR count). The molecule has 1 aromatic carbocycles. The highest BCUT2D eigenvalue weighted by atomic mass is 32.2. The first kappa shape index (κ1) is 17.4. The fourth-order valence-electron chi connectivity index (χ4n) is 3.28. The van der Waals surface area contributed by atoms with E-state index in [2.05, 4.69) is 15.0 Å². The molecular weight excluding hydrogens is 372 g/mol. The van der Waals surface area contributed by atoms with Crippen molar-refractivity contribution in [1.29, 1.82) is 0 Å². The summed E-state index contributed by atoms with van der Waals surface area (Å²) in [5.74, 6) is 0.650. The summed E-state index contributed by atoms with van der Waals surface area (Å²) < 4.78 is 30.4. The average Bonchev–Trinajstić information content (AvgIpc) is 3.10. The molecule has 0 bridgehead atoms. The van der Waals surface area contributed by atoms with Crippen molar-refractivity contribution in [2.45, 2.75) is 24.4 Å². The number of fused-ring (bicyclic) bond motifs is 2. The van der Waals surface area contributed by atoms with Crippen molar-refractivity contribution >= 4 is 20.9 Å². The number of nitrogens with one attached hydrogen (secondary N) is 1. The van der Waals surface area contributed by atoms with E-state index < -0.39 is 21.0 Å². The molecule has 0 unspecified atom stereocenters. The number of rotatable bonds is 3. The summed E-state index contributed by atoms with van der Waals surface area (Å²) in [6.07, 6.45) is 2.98. The van der Waals surface area contributed by atoms with Gasteiger partial charge in [-0.05, 0) is 31.4 Å². The fourth-order valence-corrected chi connectivity index (χ4v) is 3.80. The first-order chi connectivity index (χ1) is 12.8. The van der Waals surface area contributed by atoms with Crippen LogP contribution in [0.4, 0.5) is 0 Å². The summed E-state index contributed by atoms with van der Waals surface area (Å²) in [6, 6.07) is 4.86. The summed E-state index contributed by atoms with van der Waals surface area (Å²) in [5.41, 5.74) is 0.390. The molecule has 9 nitrogen and oxygen atoms in total. The van der Waals surface area contributed by atoms with Gasteiger partial charge >= 0.3 is 11.1 Å². The van der Waals surface area contributed by atoms with E-state index in [1.807, 2.05) is 0 Å². The number of sulfone groups is 1. The second-order valence-electron chi connectivity index (χ2n) is 6.36. The Morgan fingerprint density at radius 3 is 2.67 bits per heavy atom. The number of nitrogens with zero attached hydrogens (tertiary/aromatic N) is 3. The second-order valence-corrected chi connectivity index (χ2v) is 8.27. The molecule has 27 heavy (non-hydrogen) atoms. The SMILES string of the molecule is COc1ccc2c(c1)[nH]c(=O)c(=O)n2-c1nc(S(C)(=O)=O)nc2c1CCC2. The average molecular weight is 388 g/mol. The molecule has 2 heterocycles. The van der Waals surface area contributed by atoms with Gasteiger partial charge in [-0.15, -0.1) is 0 Å². The zero-order valence-corrected chi connectivity index (χ0v) is 15.5. The standard InChI is InChI=1S/C17H16N4O5S/c1-26-9-6-7-13-12(8-9)18-15(22)16(23)21(13)14-10-4-3-5-11(10)19-17(20-14)27(2,24)25/h6-8H,3-5H2,1-2H3,(H,18,22). The number of H-pyrrole nitrogens is 1. The second kappa shape index (κ2) is 6.02. The molecule has 0 spiro atoms. The van der Waals surface area contributed by atoms with Crippen molar-refractivity contribution < 1.29 is 13.2 Å². The summed E-state index contributed by atoms with van der Waals surface area (Å²) in [6.45, 7) is 0. The van der Waals surface area contributed by atoms with Gasteiger partial charge in [-0.2, -0.15) is 4.98 Å². The van der Waals surface area contributed by atoms with Gasteiger partial charge in [0.05, 0.1) is 23.8 Å². The Morgan fingerprint density at radius 2 is 1.96 bits per heavy atom. The quantitative estimate of drug-likeness (QED) is 0.508. The first-order valence-electron chi connectivity index (χ1n) is 8.23. The number of aryl methyl sites for hydroxylation is 1. The van der Waals surface area contributed by atoms with Gasteiger partial charge in [0.25, 0.3) is 0 Å². The molecule has 0 radical (unpaired) electrons. The van der Waals surface area contributed by atoms with Crippen LogP contribution in [0.1, 0.15) is 17.7 Å². The lowest BCUT2D eigenvalue weighted by Gasteiger charge is -2.14. The Bertz CT molecular complexity index is 1310. The smallest absolute Gasteiger partial charge is 0.322 e. The van der Waals surface area contributed by atoms with E-state index in [0.717, 1.165) is 17.2 Å². The van der Waals surface area contributed by atoms with Gasteiger partial charge in [0.15, 0.2) is 0 Å². The van der Waals surface area contributed by atoms with E-state index in [4.69, 9.17) is 4.74 Å². The molecule has 0 fully saturated rings. The molecule has 140 valence electrons. The monoisotopic (exact) mass is 388 g/mol. The highest BCUT2D eigenvalue weighted by Gasteiger charge is 2.25. The highest BCUT2D eigenvalue weighted by molar-refractivity contribution is 7.90. The molecule has 0 atom stereocenters. The Morgan fingerprint density at radius 1 is 1.19 bits per heavy atom. The largest absolute Gasteiger partial charge is 0.497 e. The van der Waals surface area contributed by atoms with Crippen LogP contribution in [0, 0.1) is 0 Å². The summed E-state index contributed by atoms with van der Waals surface area (Å²) in [7, 11) is -2.19. The molecule has 3 aromatic rings. The van der Waals surface area contributed by atoms with E-state index >= 15 is 0 Å². The minimum atomic E-state index is -3.69. The Balaban J connectivity index is 2.15. The molecule has 0 aliphatic heterocycles. The van der Waals surface area contributed by atoms with E-state index in [-0.39, 0.29) is 11.0 Å². The van der Waals surface area contributed by atoms with E-state index in [1.54, 1.807) is 18.2 Å². The number of hydrogen-bond acceptors (Lipinski definition) is 7. The third kappa shape index (κ3) is 2.81. The topological polar surface area (TPSA) is 124 Å². The number of hydrogen-bond donors (Lipinski definition) is 1. The molecular formula is C17H16N4O5S. The van der Waals surface area contributed by atoms with Crippen LogP contribution in [0.3, 0.4) is 0 Å². The van der Waals surface area contributed by atoms with Gasteiger partial charge in [0.1, 0.15) is 11.6 Å². The number of benzene rings is 1. The molecule has 1 N–H and O–H groups in total. The van der Waals surface area contributed by atoms with E-state index in [9.17, 15) is 18.0 Å². The van der Waals surface area contributed by atoms with Gasteiger partial charge < -0.3 is 9.72 Å². The van der Waals surface area contributed by atoms with Gasteiger partial charge in [-0.25, -0.2) is 13.4 Å². The Labute approximate surface area is 153 Å². The summed E-state index contributed by atoms with van der Waals surface area (Å²) >= 11 is 0. The fraction of sp³-hybridized carbons (Fsp3) is 0.294. The van der Waals surface area contributed by atoms with Crippen LogP contribution in [-0.2, 0) is 22.7 Å². The predicted octanol–water partition coefficient (Wildman–Crippen LogP) is 0.370. The molecule has 2 aromatic heterocycles. The van der Waals surface area contributed by atoms with Crippen LogP contribution in [0.5, 0.6) is 5.75 Å². The zero-order valence-electron chi connectivity index (χ0n) is 14.6. The van der Waals surface area contributed by atoms with Gasteiger partial charge in [-0.1, -0.05) is 0 Å². The molecule has 1 aliphatic carbocycles. The number of methoxy groups -OCH3 is 1.